The van der Waals surface area contributed by atoms with Gasteiger partial charge < -0.3 is 15.2 Å². The summed E-state index contributed by atoms with van der Waals surface area (Å²) in [6.07, 6.45) is 3.79. The van der Waals surface area contributed by atoms with Gasteiger partial charge >= 0.3 is 6.18 Å². The predicted octanol–water partition coefficient (Wildman–Crippen LogP) is 3.81. The lowest BCUT2D eigenvalue weighted by atomic mass is 9.64. The van der Waals surface area contributed by atoms with Crippen LogP contribution in [0.25, 0.3) is 0 Å². The Morgan fingerprint density at radius 1 is 1.29 bits per heavy atom. The predicted molar refractivity (Wildman–Crippen MR) is 114 cm³/mol. The SMILES string of the molecule is CN=C(NCCn1ccnc1)NCC1(c2cccc(C(F)(F)F)c2)CCC1.I. The second-order valence-electron chi connectivity index (χ2n) is 6.87. The van der Waals surface area contributed by atoms with Gasteiger partial charge in [0.25, 0.3) is 0 Å². The fraction of sp³-hybridized carbons (Fsp3) is 0.474. The van der Waals surface area contributed by atoms with E-state index in [0.717, 1.165) is 37.4 Å². The van der Waals surface area contributed by atoms with Gasteiger partial charge in [0.1, 0.15) is 0 Å². The van der Waals surface area contributed by atoms with E-state index in [0.29, 0.717) is 19.0 Å². The summed E-state index contributed by atoms with van der Waals surface area (Å²) in [5.41, 5.74) is -0.123. The van der Waals surface area contributed by atoms with Gasteiger partial charge in [-0.3, -0.25) is 4.99 Å². The van der Waals surface area contributed by atoms with Crippen molar-refractivity contribution in [3.8, 4) is 0 Å². The Balaban J connectivity index is 0.00000280. The molecule has 0 amide bonds. The molecule has 154 valence electrons. The molecular weight excluding hydrogens is 482 g/mol. The summed E-state index contributed by atoms with van der Waals surface area (Å²) in [5.74, 6) is 0.647. The van der Waals surface area contributed by atoms with Gasteiger partial charge in [-0.1, -0.05) is 24.6 Å². The maximum absolute atomic E-state index is 13.1. The van der Waals surface area contributed by atoms with Crippen molar-refractivity contribution in [3.05, 3.63) is 54.1 Å². The molecule has 0 bridgehead atoms. The molecule has 5 nitrogen and oxygen atoms in total. The van der Waals surface area contributed by atoms with Crippen molar-refractivity contribution < 1.29 is 13.2 Å². The summed E-state index contributed by atoms with van der Waals surface area (Å²) in [7, 11) is 1.68. The van der Waals surface area contributed by atoms with Gasteiger partial charge in [-0.25, -0.2) is 4.98 Å². The number of rotatable bonds is 6. The first-order valence-corrected chi connectivity index (χ1v) is 9.01. The Kier molecular flexibility index (Phi) is 7.73. The zero-order valence-corrected chi connectivity index (χ0v) is 18.0. The zero-order chi connectivity index (χ0) is 19.3. The number of hydrogen-bond donors (Lipinski definition) is 2. The van der Waals surface area contributed by atoms with E-state index in [-0.39, 0.29) is 29.4 Å². The number of aliphatic imine (C=N–C) groups is 1. The summed E-state index contributed by atoms with van der Waals surface area (Å²) < 4.78 is 41.1. The minimum Gasteiger partial charge on any atom is -0.356 e. The molecule has 3 rings (SSSR count). The maximum atomic E-state index is 13.1. The van der Waals surface area contributed by atoms with Crippen LogP contribution in [0.2, 0.25) is 0 Å². The van der Waals surface area contributed by atoms with Crippen molar-refractivity contribution in [2.24, 2.45) is 4.99 Å². The van der Waals surface area contributed by atoms with Crippen molar-refractivity contribution >= 4 is 29.9 Å². The smallest absolute Gasteiger partial charge is 0.356 e. The minimum atomic E-state index is -4.32. The normalized spacial score (nSPS) is 16.1. The monoisotopic (exact) mass is 507 g/mol. The topological polar surface area (TPSA) is 54.2 Å². The van der Waals surface area contributed by atoms with Crippen LogP contribution in [0.1, 0.15) is 30.4 Å². The van der Waals surface area contributed by atoms with Crippen molar-refractivity contribution in [2.75, 3.05) is 20.1 Å². The molecule has 0 unspecified atom stereocenters. The van der Waals surface area contributed by atoms with Crippen molar-refractivity contribution in [1.29, 1.82) is 0 Å². The van der Waals surface area contributed by atoms with E-state index in [4.69, 9.17) is 0 Å². The Morgan fingerprint density at radius 3 is 2.64 bits per heavy atom. The van der Waals surface area contributed by atoms with E-state index in [1.807, 2.05) is 10.8 Å². The number of aromatic nitrogens is 2. The number of benzene rings is 1. The molecule has 0 atom stereocenters. The van der Waals surface area contributed by atoms with Crippen molar-refractivity contribution in [2.45, 2.75) is 37.4 Å². The number of nitrogens with one attached hydrogen (secondary N) is 2. The van der Waals surface area contributed by atoms with E-state index in [2.05, 4.69) is 20.6 Å². The highest BCUT2D eigenvalue weighted by molar-refractivity contribution is 14.0. The van der Waals surface area contributed by atoms with Gasteiger partial charge in [-0.05, 0) is 24.5 Å². The van der Waals surface area contributed by atoms with Crippen LogP contribution in [-0.2, 0) is 18.1 Å². The molecule has 1 aromatic heterocycles. The molecule has 0 saturated heterocycles. The zero-order valence-electron chi connectivity index (χ0n) is 15.7. The van der Waals surface area contributed by atoms with Crippen LogP contribution in [0.4, 0.5) is 13.2 Å². The van der Waals surface area contributed by atoms with Crippen LogP contribution in [0.5, 0.6) is 0 Å². The number of alkyl halides is 3. The molecule has 0 radical (unpaired) electrons. The molecule has 1 heterocycles. The second kappa shape index (κ2) is 9.62. The molecule has 0 aliphatic heterocycles. The van der Waals surface area contributed by atoms with Crippen LogP contribution in [0, 0.1) is 0 Å². The number of halogens is 4. The average molecular weight is 507 g/mol. The third kappa shape index (κ3) is 5.39. The van der Waals surface area contributed by atoms with Gasteiger partial charge in [0.2, 0.25) is 0 Å². The van der Waals surface area contributed by atoms with Gasteiger partial charge in [-0.2, -0.15) is 13.2 Å². The Morgan fingerprint density at radius 2 is 2.07 bits per heavy atom. The molecule has 28 heavy (non-hydrogen) atoms. The van der Waals surface area contributed by atoms with Gasteiger partial charge in [0, 0.05) is 44.5 Å². The fourth-order valence-electron chi connectivity index (χ4n) is 3.39. The summed E-state index contributed by atoms with van der Waals surface area (Å²) in [6.45, 7) is 1.98. The largest absolute Gasteiger partial charge is 0.416 e. The molecule has 9 heteroatoms. The first-order valence-electron chi connectivity index (χ1n) is 9.01. The van der Waals surface area contributed by atoms with Gasteiger partial charge in [0.15, 0.2) is 5.96 Å². The molecule has 1 fully saturated rings. The van der Waals surface area contributed by atoms with E-state index in [1.165, 1.54) is 12.1 Å². The van der Waals surface area contributed by atoms with Crippen LogP contribution < -0.4 is 10.6 Å². The van der Waals surface area contributed by atoms with Crippen molar-refractivity contribution in [1.82, 2.24) is 20.2 Å². The lowest BCUT2D eigenvalue weighted by Gasteiger charge is -2.43. The Bertz CT molecular complexity index is 770. The number of imidazole rings is 1. The fourth-order valence-corrected chi connectivity index (χ4v) is 3.39. The third-order valence-corrected chi connectivity index (χ3v) is 5.15. The Labute approximate surface area is 179 Å². The lowest BCUT2D eigenvalue weighted by molar-refractivity contribution is -0.137. The molecule has 2 N–H and O–H groups in total. The highest BCUT2D eigenvalue weighted by atomic mass is 127. The molecule has 0 spiro atoms. The summed E-state index contributed by atoms with van der Waals surface area (Å²) in [4.78, 5) is 8.20. The number of hydrogen-bond acceptors (Lipinski definition) is 2. The number of guanidine groups is 1. The molecule has 1 aliphatic carbocycles. The third-order valence-electron chi connectivity index (χ3n) is 5.15. The van der Waals surface area contributed by atoms with Crippen molar-refractivity contribution in [3.63, 3.8) is 0 Å². The Hall–Kier alpha value is -1.78. The molecule has 1 aliphatic rings. The van der Waals surface area contributed by atoms with E-state index in [1.54, 1.807) is 25.6 Å². The highest BCUT2D eigenvalue weighted by Gasteiger charge is 2.40. The standard InChI is InChI=1S/C19H24F3N5.HI/c1-23-17(25-9-11-27-10-8-24-14-27)26-13-18(6-3-7-18)15-4-2-5-16(12-15)19(20,21)22;/h2,4-5,8,10,12,14H,3,6-7,9,11,13H2,1H3,(H2,23,25,26);1H. The quantitative estimate of drug-likeness (QED) is 0.356. The van der Waals surface area contributed by atoms with E-state index < -0.39 is 11.7 Å². The second-order valence-corrected chi connectivity index (χ2v) is 6.87. The lowest BCUT2D eigenvalue weighted by Crippen LogP contribution is -2.49. The van der Waals surface area contributed by atoms with Crippen LogP contribution in [-0.4, -0.2) is 35.6 Å². The van der Waals surface area contributed by atoms with Gasteiger partial charge in [-0.15, -0.1) is 24.0 Å². The van der Waals surface area contributed by atoms with E-state index >= 15 is 0 Å². The summed E-state index contributed by atoms with van der Waals surface area (Å²) in [5, 5.41) is 6.51. The minimum absolute atomic E-state index is 0. The summed E-state index contributed by atoms with van der Waals surface area (Å²) >= 11 is 0. The van der Waals surface area contributed by atoms with Crippen LogP contribution >= 0.6 is 24.0 Å². The average Bonchev–Trinajstić information content (AvgIpc) is 3.12. The summed E-state index contributed by atoms with van der Waals surface area (Å²) in [6, 6.07) is 5.71. The first-order chi connectivity index (χ1) is 12.9. The molecule has 2 aromatic rings. The number of nitrogens with zero attached hydrogens (tertiary/aromatic N) is 3. The maximum Gasteiger partial charge on any atom is 0.416 e. The van der Waals surface area contributed by atoms with Gasteiger partial charge in [0.05, 0.1) is 11.9 Å². The molecule has 1 saturated carbocycles. The molecule has 1 aromatic carbocycles. The highest BCUT2D eigenvalue weighted by Crippen LogP contribution is 2.44. The first kappa shape index (κ1) is 22.5. The van der Waals surface area contributed by atoms with E-state index in [9.17, 15) is 13.2 Å². The molecular formula is C19H25F3IN5. The van der Waals surface area contributed by atoms with Crippen LogP contribution in [0.3, 0.4) is 0 Å². The van der Waals surface area contributed by atoms with Crippen LogP contribution in [0.15, 0.2) is 48.0 Å².